The van der Waals surface area contributed by atoms with Crippen molar-refractivity contribution in [2.75, 3.05) is 40.7 Å². The molecule has 1 fully saturated rings. The van der Waals surface area contributed by atoms with Gasteiger partial charge in [0, 0.05) is 24.9 Å². The van der Waals surface area contributed by atoms with E-state index in [0.29, 0.717) is 60.1 Å². The van der Waals surface area contributed by atoms with Crippen LogP contribution in [0, 0.1) is 0 Å². The summed E-state index contributed by atoms with van der Waals surface area (Å²) in [5.74, 6) is 1.24. The molecule has 0 radical (unpaired) electrons. The summed E-state index contributed by atoms with van der Waals surface area (Å²) >= 11 is 0. The van der Waals surface area contributed by atoms with Crippen molar-refractivity contribution >= 4 is 15.7 Å². The molecule has 2 aromatic rings. The van der Waals surface area contributed by atoms with Crippen LogP contribution in [0.3, 0.4) is 0 Å². The van der Waals surface area contributed by atoms with Crippen LogP contribution in [0.1, 0.15) is 23.3 Å². The molecule has 10 heteroatoms. The minimum Gasteiger partial charge on any atom is -0.493 e. The molecule has 0 unspecified atom stereocenters. The third-order valence-electron chi connectivity index (χ3n) is 5.10. The fraction of sp³-hybridized carbons (Fsp3) is 0.474. The molecule has 2 heterocycles. The first kappa shape index (κ1) is 21.0. The lowest BCUT2D eigenvalue weighted by Gasteiger charge is -2.30. The van der Waals surface area contributed by atoms with Gasteiger partial charge in [0.05, 0.1) is 32.3 Å². The summed E-state index contributed by atoms with van der Waals surface area (Å²) in [5.41, 5.74) is 1.59. The van der Waals surface area contributed by atoms with Gasteiger partial charge in [0.25, 0.3) is 5.91 Å². The lowest BCUT2D eigenvalue weighted by Crippen LogP contribution is -2.42. The molecule has 0 spiro atoms. The SMILES string of the molecule is COc1cc(-c2cc(C(=O)N3CCC(S(C)(=O)=O)CC3)[nH]n2)cc(OC)c1OC. The molecule has 0 atom stereocenters. The summed E-state index contributed by atoms with van der Waals surface area (Å²) in [6, 6.07) is 5.17. The van der Waals surface area contributed by atoms with E-state index < -0.39 is 9.84 Å². The molecule has 1 aromatic carbocycles. The molecule has 1 aliphatic heterocycles. The van der Waals surface area contributed by atoms with Crippen molar-refractivity contribution < 1.29 is 27.4 Å². The van der Waals surface area contributed by atoms with Crippen molar-refractivity contribution in [2.24, 2.45) is 0 Å². The van der Waals surface area contributed by atoms with Gasteiger partial charge in [-0.1, -0.05) is 0 Å². The lowest BCUT2D eigenvalue weighted by atomic mass is 10.1. The number of hydrogen-bond acceptors (Lipinski definition) is 7. The number of carbonyl (C=O) groups excluding carboxylic acids is 1. The largest absolute Gasteiger partial charge is 0.493 e. The zero-order valence-corrected chi connectivity index (χ0v) is 17.7. The number of aromatic amines is 1. The normalized spacial score (nSPS) is 15.2. The average molecular weight is 423 g/mol. The van der Waals surface area contributed by atoms with Gasteiger partial charge in [0.2, 0.25) is 5.75 Å². The molecule has 9 nitrogen and oxygen atoms in total. The van der Waals surface area contributed by atoms with Crippen molar-refractivity contribution in [3.63, 3.8) is 0 Å². The Hall–Kier alpha value is -2.75. The van der Waals surface area contributed by atoms with E-state index in [4.69, 9.17) is 14.2 Å². The highest BCUT2D eigenvalue weighted by Crippen LogP contribution is 2.40. The maximum atomic E-state index is 12.8. The van der Waals surface area contributed by atoms with Gasteiger partial charge in [-0.3, -0.25) is 9.89 Å². The lowest BCUT2D eigenvalue weighted by molar-refractivity contribution is 0.0719. The molecule has 3 rings (SSSR count). The summed E-state index contributed by atoms with van der Waals surface area (Å²) < 4.78 is 39.4. The fourth-order valence-electron chi connectivity index (χ4n) is 3.47. The fourth-order valence-corrected chi connectivity index (χ4v) is 4.53. The molecule has 1 saturated heterocycles. The second kappa shape index (κ2) is 8.32. The quantitative estimate of drug-likeness (QED) is 0.753. The van der Waals surface area contributed by atoms with Gasteiger partial charge in [0.15, 0.2) is 11.5 Å². The Labute approximate surface area is 169 Å². The van der Waals surface area contributed by atoms with Gasteiger partial charge >= 0.3 is 0 Å². The van der Waals surface area contributed by atoms with E-state index in [1.165, 1.54) is 27.6 Å². The number of H-pyrrole nitrogens is 1. The van der Waals surface area contributed by atoms with Crippen LogP contribution in [0.15, 0.2) is 18.2 Å². The number of nitrogens with one attached hydrogen (secondary N) is 1. The van der Waals surface area contributed by atoms with Crippen LogP contribution in [0.4, 0.5) is 0 Å². The number of amides is 1. The summed E-state index contributed by atoms with van der Waals surface area (Å²) in [4.78, 5) is 14.4. The van der Waals surface area contributed by atoms with Gasteiger partial charge in [-0.05, 0) is 31.0 Å². The Bertz CT molecular complexity index is 968. The monoisotopic (exact) mass is 423 g/mol. The average Bonchev–Trinajstić information content (AvgIpc) is 3.21. The van der Waals surface area contributed by atoms with Crippen molar-refractivity contribution in [3.8, 4) is 28.5 Å². The number of methoxy groups -OCH3 is 3. The van der Waals surface area contributed by atoms with E-state index in [2.05, 4.69) is 10.2 Å². The first-order valence-corrected chi connectivity index (χ1v) is 11.1. The zero-order valence-electron chi connectivity index (χ0n) is 16.9. The minimum absolute atomic E-state index is 0.205. The standard InChI is InChI=1S/C19H25N3O6S/c1-26-16-9-12(10-17(27-2)18(16)28-3)14-11-15(21-20-14)19(23)22-7-5-13(6-8-22)29(4,24)25/h9-11,13H,5-8H2,1-4H3,(H,20,21). The van der Waals surface area contributed by atoms with Crippen LogP contribution < -0.4 is 14.2 Å². The number of benzene rings is 1. The molecule has 1 aromatic heterocycles. The molecule has 1 amide bonds. The van der Waals surface area contributed by atoms with E-state index in [9.17, 15) is 13.2 Å². The van der Waals surface area contributed by atoms with Crippen molar-refractivity contribution in [2.45, 2.75) is 18.1 Å². The molecule has 158 valence electrons. The number of sulfone groups is 1. The van der Waals surface area contributed by atoms with Crippen LogP contribution >= 0.6 is 0 Å². The third kappa shape index (κ3) is 4.31. The second-order valence-electron chi connectivity index (χ2n) is 6.90. The first-order valence-electron chi connectivity index (χ1n) is 9.12. The zero-order chi connectivity index (χ0) is 21.2. The second-order valence-corrected chi connectivity index (χ2v) is 9.23. The maximum Gasteiger partial charge on any atom is 0.271 e. The summed E-state index contributed by atoms with van der Waals surface area (Å²) in [5, 5.41) is 6.63. The molecule has 0 saturated carbocycles. The van der Waals surface area contributed by atoms with E-state index in [1.807, 2.05) is 0 Å². The van der Waals surface area contributed by atoms with Crippen molar-refractivity contribution in [1.82, 2.24) is 15.1 Å². The van der Waals surface area contributed by atoms with E-state index in [0.717, 1.165) is 0 Å². The number of likely N-dealkylation sites (tertiary alicyclic amines) is 1. The number of hydrogen-bond donors (Lipinski definition) is 1. The highest BCUT2D eigenvalue weighted by Gasteiger charge is 2.30. The van der Waals surface area contributed by atoms with Crippen LogP contribution in [-0.4, -0.2) is 75.3 Å². The number of carbonyl (C=O) groups is 1. The smallest absolute Gasteiger partial charge is 0.271 e. The molecular formula is C19H25N3O6S. The summed E-state index contributed by atoms with van der Waals surface area (Å²) in [6.07, 6.45) is 2.13. The molecule has 1 aliphatic rings. The van der Waals surface area contributed by atoms with Crippen LogP contribution in [0.2, 0.25) is 0 Å². The van der Waals surface area contributed by atoms with E-state index in [-0.39, 0.29) is 11.2 Å². The Morgan fingerprint density at radius 1 is 1.07 bits per heavy atom. The summed E-state index contributed by atoms with van der Waals surface area (Å²) in [6.45, 7) is 0.796. The maximum absolute atomic E-state index is 12.8. The van der Waals surface area contributed by atoms with Crippen LogP contribution in [-0.2, 0) is 9.84 Å². The highest BCUT2D eigenvalue weighted by atomic mass is 32.2. The third-order valence-corrected chi connectivity index (χ3v) is 6.79. The molecular weight excluding hydrogens is 398 g/mol. The van der Waals surface area contributed by atoms with Gasteiger partial charge in [-0.2, -0.15) is 5.10 Å². The first-order chi connectivity index (χ1) is 13.8. The van der Waals surface area contributed by atoms with Gasteiger partial charge in [-0.15, -0.1) is 0 Å². The number of rotatable bonds is 6. The Kier molecular flexibility index (Phi) is 6.02. The topological polar surface area (TPSA) is 111 Å². The van der Waals surface area contributed by atoms with Crippen LogP contribution in [0.5, 0.6) is 17.2 Å². The van der Waals surface area contributed by atoms with E-state index in [1.54, 1.807) is 23.1 Å². The molecule has 29 heavy (non-hydrogen) atoms. The van der Waals surface area contributed by atoms with Crippen LogP contribution in [0.25, 0.3) is 11.3 Å². The predicted molar refractivity (Wildman–Crippen MR) is 107 cm³/mol. The Morgan fingerprint density at radius 2 is 1.66 bits per heavy atom. The Balaban J connectivity index is 1.80. The minimum atomic E-state index is -3.08. The number of nitrogens with zero attached hydrogens (tertiary/aromatic N) is 2. The number of ether oxygens (including phenoxy) is 3. The number of aromatic nitrogens is 2. The Morgan fingerprint density at radius 3 is 2.14 bits per heavy atom. The number of piperidine rings is 1. The molecule has 0 bridgehead atoms. The van der Waals surface area contributed by atoms with Crippen molar-refractivity contribution in [1.29, 1.82) is 0 Å². The summed E-state index contributed by atoms with van der Waals surface area (Å²) in [7, 11) is 1.50. The highest BCUT2D eigenvalue weighted by molar-refractivity contribution is 7.91. The predicted octanol–water partition coefficient (Wildman–Crippen LogP) is 1.75. The molecule has 0 aliphatic carbocycles. The van der Waals surface area contributed by atoms with Gasteiger partial charge in [0.1, 0.15) is 15.5 Å². The van der Waals surface area contributed by atoms with E-state index >= 15 is 0 Å². The van der Waals surface area contributed by atoms with Gasteiger partial charge in [-0.25, -0.2) is 8.42 Å². The van der Waals surface area contributed by atoms with Gasteiger partial charge < -0.3 is 19.1 Å². The molecule has 1 N–H and O–H groups in total. The van der Waals surface area contributed by atoms with Crippen molar-refractivity contribution in [3.05, 3.63) is 23.9 Å².